The molecule has 10 rings (SSSR count). The Morgan fingerprint density at radius 1 is 0.386 bits per heavy atom. The number of fused-ring (bicyclic) bond motifs is 2. The van der Waals surface area contributed by atoms with Gasteiger partial charge in [0.2, 0.25) is 0 Å². The lowest BCUT2D eigenvalue weighted by Crippen LogP contribution is -2.20. The first kappa shape index (κ1) is 70.1. The van der Waals surface area contributed by atoms with Gasteiger partial charge in [0.25, 0.3) is 57.7 Å². The molecule has 3 aliphatic rings. The van der Waals surface area contributed by atoms with Crippen LogP contribution in [0, 0.1) is 10.8 Å². The molecule has 0 aromatic heterocycles. The monoisotopic (exact) mass is 1330 g/mol. The Labute approximate surface area is 523 Å². The van der Waals surface area contributed by atoms with Crippen LogP contribution in [0.3, 0.4) is 0 Å². The zero-order valence-corrected chi connectivity index (χ0v) is 56.9. The molecule has 3 heterocycles. The molecule has 88 heavy (non-hydrogen) atoms. The van der Waals surface area contributed by atoms with Gasteiger partial charge < -0.3 is 26.0 Å². The van der Waals surface area contributed by atoms with Crippen molar-refractivity contribution in [1.29, 1.82) is 0 Å². The van der Waals surface area contributed by atoms with Gasteiger partial charge in [-0.05, 0) is 75.2 Å². The van der Waals surface area contributed by atoms with Gasteiger partial charge in [0.05, 0.1) is 41.7 Å². The first-order valence-corrected chi connectivity index (χ1v) is 35.1. The number of ketones is 2. The van der Waals surface area contributed by atoms with Crippen molar-refractivity contribution in [3.05, 3.63) is 198 Å². The molecule has 7 aromatic rings. The molecule has 467 valence electrons. The average molecular weight is 1330 g/mol. The van der Waals surface area contributed by atoms with E-state index in [9.17, 15) is 33.7 Å². The van der Waals surface area contributed by atoms with Gasteiger partial charge in [0.15, 0.2) is 10.0 Å². The highest BCUT2D eigenvalue weighted by molar-refractivity contribution is 7.87. The molecule has 19 nitrogen and oxygen atoms in total. The number of rotatable bonds is 7. The van der Waals surface area contributed by atoms with Crippen molar-refractivity contribution in [2.45, 2.75) is 120 Å². The number of hydrogen-bond acceptors (Lipinski definition) is 12. The van der Waals surface area contributed by atoms with E-state index in [0.717, 1.165) is 70.1 Å². The summed E-state index contributed by atoms with van der Waals surface area (Å²) in [5.74, 6) is 4.56. The summed E-state index contributed by atoms with van der Waals surface area (Å²) < 4.78 is 160. The fourth-order valence-electron chi connectivity index (χ4n) is 8.29. The topological polar surface area (TPSA) is 280 Å². The van der Waals surface area contributed by atoms with Crippen LogP contribution in [0.1, 0.15) is 120 Å². The van der Waals surface area contributed by atoms with Gasteiger partial charge in [-0.1, -0.05) is 174 Å². The molecule has 0 spiro atoms. The zero-order chi connectivity index (χ0) is 65.4. The number of para-hydroxylation sites is 1. The third kappa shape index (κ3) is 19.0. The van der Waals surface area contributed by atoms with Crippen LogP contribution >= 0.6 is 0 Å². The molecule has 0 saturated carbocycles. The van der Waals surface area contributed by atoms with Gasteiger partial charge in [0, 0.05) is 44.5 Å². The molecule has 26 heteroatoms. The number of nitrogens with zero attached hydrogens (tertiary/aromatic N) is 1. The Hall–Kier alpha value is -6.96. The Morgan fingerprint density at radius 2 is 0.705 bits per heavy atom. The summed E-state index contributed by atoms with van der Waals surface area (Å²) in [5.41, 5.74) is 6.24. The number of hydrogen-bond donors (Lipinski definition) is 4. The second kappa shape index (κ2) is 27.8. The summed E-state index contributed by atoms with van der Waals surface area (Å²) in [6.45, 7) is 28.1. The minimum absolute atomic E-state index is 0.00732. The Kier molecular flexibility index (Phi) is 22.2. The maximum Gasteiger partial charge on any atom is 0.424 e. The number of carbonyl (C=O) groups excluding carboxylic acids is 2. The molecule has 0 aliphatic carbocycles. The van der Waals surface area contributed by atoms with E-state index in [1.165, 1.54) is 59.7 Å². The second-order valence-corrected chi connectivity index (χ2v) is 31.3. The molecule has 7 aromatic carbocycles. The third-order valence-electron chi connectivity index (χ3n) is 13.1. The van der Waals surface area contributed by atoms with Crippen LogP contribution in [0.25, 0.3) is 21.5 Å². The molecular formula is C62H70NO18S4Si3. The maximum absolute atomic E-state index is 11.2. The normalized spacial score (nSPS) is 14.6. The highest BCUT2D eigenvalue weighted by Crippen LogP contribution is 2.33. The van der Waals surface area contributed by atoms with Gasteiger partial charge >= 0.3 is 25.9 Å². The van der Waals surface area contributed by atoms with Crippen molar-refractivity contribution < 1.29 is 82.7 Å². The van der Waals surface area contributed by atoms with Crippen LogP contribution in [0.2, 0.25) is 0 Å². The van der Waals surface area contributed by atoms with Crippen LogP contribution in [-0.2, 0) is 69.1 Å². The molecule has 0 fully saturated rings. The summed E-state index contributed by atoms with van der Waals surface area (Å²) in [4.78, 5) is -1.65. The van der Waals surface area contributed by atoms with Gasteiger partial charge in [-0.15, -0.1) is 0 Å². The lowest BCUT2D eigenvalue weighted by molar-refractivity contribution is -0.681. The predicted molar refractivity (Wildman–Crippen MR) is 340 cm³/mol. The third-order valence-corrected chi connectivity index (χ3v) is 18.6. The molecule has 3 radical (unpaired) electrons. The molecule has 0 saturated heterocycles. The quantitative estimate of drug-likeness (QED) is 0.0499. The standard InChI is InChI=1S/2C17H23O2Si.2C10H8O6S2.C8H8NO2Si/c2*1-16(2,3)13-9-7-12(8-10-13)14-11-15(17(4,5)6)19-20-18-14;11-17(12,13)9-5-1-3-7-8(9)4-2-6-10(7)18(14,15)16;11-17(12,13)9-5-6-10(18(14,15)16)8-4-2-1-3-7(8)9;1-7-9(11-12-10-7)8-5-3-2-4-6-8/h2*7-11H,1-6H3;2*1-6H,(H,11,12,13)(H,14,15,16);2-6H,1H3. The van der Waals surface area contributed by atoms with Gasteiger partial charge in [0.1, 0.15) is 19.6 Å². The van der Waals surface area contributed by atoms with E-state index < -0.39 is 60.1 Å². The largest absolute Gasteiger partial charge is 0.642 e. The lowest BCUT2D eigenvalue weighted by Gasteiger charge is -2.27. The molecule has 0 amide bonds. The van der Waals surface area contributed by atoms with Crippen LogP contribution < -0.4 is 0 Å². The van der Waals surface area contributed by atoms with Gasteiger partial charge in [-0.3, -0.25) is 18.2 Å². The fourth-order valence-corrected chi connectivity index (χ4v) is 13.2. The maximum atomic E-state index is 11.2. The summed E-state index contributed by atoms with van der Waals surface area (Å²) >= 11 is 0. The van der Waals surface area contributed by atoms with Crippen molar-refractivity contribution in [3.8, 4) is 0 Å². The van der Waals surface area contributed by atoms with Crippen molar-refractivity contribution >= 4 is 115 Å². The molecule has 0 unspecified atom stereocenters. The van der Waals surface area contributed by atoms with E-state index in [1.807, 2.05) is 49.4 Å². The van der Waals surface area contributed by atoms with Crippen molar-refractivity contribution in [1.82, 2.24) is 0 Å². The first-order chi connectivity index (χ1) is 40.7. The minimum Gasteiger partial charge on any atom is -0.642 e. The van der Waals surface area contributed by atoms with E-state index >= 15 is 0 Å². The number of allylic oxidation sites excluding steroid dienone is 4. The van der Waals surface area contributed by atoms with Crippen molar-refractivity contribution in [2.24, 2.45) is 10.8 Å². The Balaban J connectivity index is 0.000000177. The summed E-state index contributed by atoms with van der Waals surface area (Å²) in [7, 11) is -17.7. The van der Waals surface area contributed by atoms with Crippen LogP contribution in [0.4, 0.5) is 5.69 Å². The summed E-state index contributed by atoms with van der Waals surface area (Å²) in [5, 5.41) is 0.0931. The molecule has 4 N–H and O–H groups in total. The number of benzene rings is 7. The SMILES string of the molecule is CC(C)(C)C1=CC(c2ccc(C(C)(C)C)cc2)=[O+][Si-]O1.CC(C)(C)C1=CC(c2ccc(C(C)(C)C)cc2)=[O+][Si-]O1.CC1=[N+](c2ccccc2)O[Si-]O1.O=S(=O)(O)c1ccc(S(=O)(=O)O)c2ccccc12.O=S(=O)(O)c1cccc2c(S(=O)(=O)O)cccc12. The molecule has 0 atom stereocenters. The summed E-state index contributed by atoms with van der Waals surface area (Å²) in [6, 6.07) is 42.1. The predicted octanol–water partition coefficient (Wildman–Crippen LogP) is 12.3. The molecule has 0 bridgehead atoms. The van der Waals surface area contributed by atoms with E-state index in [0.29, 0.717) is 0 Å². The van der Waals surface area contributed by atoms with E-state index in [-0.39, 0.29) is 73.2 Å². The van der Waals surface area contributed by atoms with Crippen molar-refractivity contribution in [3.63, 3.8) is 0 Å². The first-order valence-electron chi connectivity index (χ1n) is 26.9. The van der Waals surface area contributed by atoms with Gasteiger partial charge in [-0.2, -0.15) is 33.7 Å². The highest BCUT2D eigenvalue weighted by atomic mass is 32.2. The van der Waals surface area contributed by atoms with E-state index in [2.05, 4.69) is 132 Å². The highest BCUT2D eigenvalue weighted by Gasteiger charge is 2.27. The Bertz CT molecular complexity index is 3970. The van der Waals surface area contributed by atoms with E-state index in [4.69, 9.17) is 44.2 Å². The Morgan fingerprint density at radius 3 is 1.00 bits per heavy atom. The zero-order valence-electron chi connectivity index (χ0n) is 50.7. The minimum atomic E-state index is -4.47. The second-order valence-electron chi connectivity index (χ2n) is 24.0. The smallest absolute Gasteiger partial charge is 0.424 e. The summed E-state index contributed by atoms with van der Waals surface area (Å²) in [6.07, 6.45) is 4.03. The van der Waals surface area contributed by atoms with Crippen LogP contribution in [0.15, 0.2) is 195 Å². The van der Waals surface area contributed by atoms with Gasteiger partial charge in [-0.25, -0.2) is 0 Å². The molecular weight excluding hydrogens is 1260 g/mol. The average Bonchev–Trinajstić information content (AvgIpc) is 0.986. The fraction of sp³-hybridized carbons (Fsp3) is 0.274. The lowest BCUT2D eigenvalue weighted by atomic mass is 9.86. The van der Waals surface area contributed by atoms with Crippen LogP contribution in [-0.4, -0.2) is 104 Å². The van der Waals surface area contributed by atoms with E-state index in [1.54, 1.807) is 4.74 Å². The molecule has 3 aliphatic heterocycles. The van der Waals surface area contributed by atoms with Crippen LogP contribution in [0.5, 0.6) is 0 Å². The van der Waals surface area contributed by atoms with Crippen molar-refractivity contribution in [2.75, 3.05) is 0 Å².